The smallest absolute Gasteiger partial charge is 0.346 e. The van der Waals surface area contributed by atoms with Crippen molar-refractivity contribution < 1.29 is 4.79 Å². The summed E-state index contributed by atoms with van der Waals surface area (Å²) in [6.07, 6.45) is 0. The van der Waals surface area contributed by atoms with Crippen molar-refractivity contribution in [2.75, 3.05) is 33.4 Å². The van der Waals surface area contributed by atoms with Crippen molar-refractivity contribution in [3.05, 3.63) is 5.82 Å². The Bertz CT molecular complexity index is 549. The molecule has 1 heterocycles. The molecule has 9 heteroatoms. The summed E-state index contributed by atoms with van der Waals surface area (Å²) in [5, 5.41) is 5.30. The zero-order valence-electron chi connectivity index (χ0n) is 14.0. The number of nitrogens with two attached hydrogens (primary N) is 1. The number of hydrogen-bond donors (Lipinski definition) is 1. The van der Waals surface area contributed by atoms with Gasteiger partial charge >= 0.3 is 6.03 Å². The molecule has 0 saturated heterocycles. The average molecular weight is 345 g/mol. The average Bonchev–Trinajstić information content (AvgIpc) is 2.81. The molecule has 0 atom stereocenters. The Morgan fingerprint density at radius 2 is 1.95 bits per heavy atom. The molecule has 0 radical (unpaired) electrons. The van der Waals surface area contributed by atoms with Crippen LogP contribution in [-0.4, -0.2) is 69.1 Å². The van der Waals surface area contributed by atoms with Crippen LogP contribution < -0.4 is 5.73 Å². The van der Waals surface area contributed by atoms with E-state index in [-0.39, 0.29) is 11.4 Å². The Hall–Kier alpha value is -1.35. The summed E-state index contributed by atoms with van der Waals surface area (Å²) in [6.45, 7) is 6.72. The van der Waals surface area contributed by atoms with Gasteiger partial charge in [-0.05, 0) is 12.2 Å². The lowest BCUT2D eigenvalue weighted by Gasteiger charge is -2.16. The van der Waals surface area contributed by atoms with Gasteiger partial charge in [0.25, 0.3) is 0 Å². The lowest BCUT2D eigenvalue weighted by atomic mass is 9.96. The number of amides is 1. The van der Waals surface area contributed by atoms with Crippen molar-refractivity contribution >= 4 is 35.1 Å². The van der Waals surface area contributed by atoms with Gasteiger partial charge < -0.3 is 15.5 Å². The highest BCUT2D eigenvalue weighted by Crippen LogP contribution is 2.23. The molecule has 0 aliphatic rings. The minimum absolute atomic E-state index is 0.215. The highest BCUT2D eigenvalue weighted by atomic mass is 32.2. The fourth-order valence-electron chi connectivity index (χ4n) is 1.41. The molecule has 1 amide bonds. The van der Waals surface area contributed by atoms with Crippen LogP contribution in [0.2, 0.25) is 0 Å². The van der Waals surface area contributed by atoms with Gasteiger partial charge in [-0.25, -0.2) is 9.78 Å². The van der Waals surface area contributed by atoms with Crippen LogP contribution in [0, 0.1) is 0 Å². The van der Waals surface area contributed by atoms with Crippen molar-refractivity contribution in [1.82, 2.24) is 24.6 Å². The van der Waals surface area contributed by atoms with Crippen LogP contribution in [0.5, 0.6) is 0 Å². The molecule has 124 valence electrons. The van der Waals surface area contributed by atoms with Crippen molar-refractivity contribution in [2.45, 2.75) is 31.3 Å². The summed E-state index contributed by atoms with van der Waals surface area (Å²) < 4.78 is 1.35. The van der Waals surface area contributed by atoms with Gasteiger partial charge in [-0.2, -0.15) is 4.68 Å². The van der Waals surface area contributed by atoms with Crippen LogP contribution in [0.4, 0.5) is 4.79 Å². The molecule has 0 spiro atoms. The summed E-state index contributed by atoms with van der Waals surface area (Å²) in [5.41, 5.74) is 5.33. The predicted molar refractivity (Wildman–Crippen MR) is 93.3 cm³/mol. The maximum atomic E-state index is 12.2. The third kappa shape index (κ3) is 4.84. The zero-order chi connectivity index (χ0) is 17.1. The number of thiocarbonyl (C=S) groups is 1. The van der Waals surface area contributed by atoms with E-state index in [0.717, 1.165) is 0 Å². The van der Waals surface area contributed by atoms with E-state index in [0.29, 0.717) is 28.4 Å². The maximum absolute atomic E-state index is 12.2. The molecular weight excluding hydrogens is 320 g/mol. The summed E-state index contributed by atoms with van der Waals surface area (Å²) >= 11 is 6.36. The summed E-state index contributed by atoms with van der Waals surface area (Å²) in [7, 11) is 5.21. The molecule has 0 saturated carbocycles. The molecule has 0 bridgehead atoms. The summed E-state index contributed by atoms with van der Waals surface area (Å²) in [5.74, 6) is 1.35. The zero-order valence-corrected chi connectivity index (χ0v) is 15.6. The second-order valence-electron chi connectivity index (χ2n) is 6.17. The number of carbonyl (C=O) groups is 1. The van der Waals surface area contributed by atoms with Gasteiger partial charge in [-0.15, -0.1) is 5.10 Å². The van der Waals surface area contributed by atoms with Crippen molar-refractivity contribution in [3.8, 4) is 0 Å². The lowest BCUT2D eigenvalue weighted by Crippen LogP contribution is -2.33. The van der Waals surface area contributed by atoms with E-state index in [1.165, 1.54) is 21.3 Å². The van der Waals surface area contributed by atoms with Gasteiger partial charge in [-0.1, -0.05) is 32.5 Å². The first-order chi connectivity index (χ1) is 10.0. The molecule has 0 aliphatic carbocycles. The highest BCUT2D eigenvalue weighted by molar-refractivity contribution is 7.99. The van der Waals surface area contributed by atoms with Crippen LogP contribution in [0.3, 0.4) is 0 Å². The Morgan fingerprint density at radius 1 is 1.36 bits per heavy atom. The van der Waals surface area contributed by atoms with E-state index in [1.54, 1.807) is 19.0 Å². The molecule has 0 aromatic carbocycles. The lowest BCUT2D eigenvalue weighted by molar-refractivity contribution is 0.213. The van der Waals surface area contributed by atoms with Crippen LogP contribution in [0.15, 0.2) is 5.16 Å². The molecular formula is C13H24N6OS2. The minimum Gasteiger partial charge on any atom is -0.376 e. The molecule has 22 heavy (non-hydrogen) atoms. The van der Waals surface area contributed by atoms with Gasteiger partial charge in [0.05, 0.1) is 0 Å². The SMILES string of the molecule is CN(C)C(=O)n1nc(C(C)(C)C)nc1SCCN(C)C(N)=S. The van der Waals surface area contributed by atoms with E-state index in [4.69, 9.17) is 18.0 Å². The third-order valence-electron chi connectivity index (χ3n) is 2.85. The number of nitrogens with zero attached hydrogens (tertiary/aromatic N) is 5. The van der Waals surface area contributed by atoms with E-state index in [9.17, 15) is 4.79 Å². The Morgan fingerprint density at radius 3 is 2.41 bits per heavy atom. The molecule has 0 aliphatic heterocycles. The molecule has 1 aromatic rings. The first-order valence-corrected chi connectivity index (χ1v) is 8.26. The monoisotopic (exact) mass is 344 g/mol. The third-order valence-corrected chi connectivity index (χ3v) is 4.07. The normalized spacial score (nSPS) is 11.4. The number of thioether (sulfide) groups is 1. The van der Waals surface area contributed by atoms with Gasteiger partial charge in [0.2, 0.25) is 0 Å². The fraction of sp³-hybridized carbons (Fsp3) is 0.692. The van der Waals surface area contributed by atoms with Crippen molar-refractivity contribution in [2.24, 2.45) is 5.73 Å². The van der Waals surface area contributed by atoms with Crippen molar-refractivity contribution in [1.29, 1.82) is 0 Å². The topological polar surface area (TPSA) is 80.3 Å². The Balaban J connectivity index is 2.94. The van der Waals surface area contributed by atoms with Gasteiger partial charge in [-0.3, -0.25) is 0 Å². The van der Waals surface area contributed by atoms with E-state index in [2.05, 4.69) is 10.1 Å². The van der Waals surface area contributed by atoms with Crippen molar-refractivity contribution in [3.63, 3.8) is 0 Å². The molecule has 0 unspecified atom stereocenters. The van der Waals surface area contributed by atoms with Crippen LogP contribution in [0.25, 0.3) is 0 Å². The summed E-state index contributed by atoms with van der Waals surface area (Å²) in [6, 6.07) is -0.215. The maximum Gasteiger partial charge on any atom is 0.346 e. The fourth-order valence-corrected chi connectivity index (χ4v) is 2.44. The standard InChI is InChI=1S/C13H24N6OS2/c1-13(2,3)9-15-11(19(16-9)12(20)17(4)5)22-8-7-18(6)10(14)21/h7-8H2,1-6H3,(H2,14,21). The number of aromatic nitrogens is 3. The largest absolute Gasteiger partial charge is 0.376 e. The molecule has 7 nitrogen and oxygen atoms in total. The van der Waals surface area contributed by atoms with E-state index in [1.807, 2.05) is 27.8 Å². The number of rotatable bonds is 4. The first-order valence-electron chi connectivity index (χ1n) is 6.86. The molecule has 1 aromatic heterocycles. The second kappa shape index (κ2) is 7.28. The Kier molecular flexibility index (Phi) is 6.18. The van der Waals surface area contributed by atoms with Gasteiger partial charge in [0, 0.05) is 38.9 Å². The predicted octanol–water partition coefficient (Wildman–Crippen LogP) is 1.37. The number of carbonyl (C=O) groups excluding carboxylic acids is 1. The first kappa shape index (κ1) is 18.7. The number of hydrogen-bond acceptors (Lipinski definition) is 5. The van der Waals surface area contributed by atoms with Crippen LogP contribution >= 0.6 is 24.0 Å². The molecule has 0 fully saturated rings. The van der Waals surface area contributed by atoms with Gasteiger partial charge in [0.15, 0.2) is 16.1 Å². The van der Waals surface area contributed by atoms with Gasteiger partial charge in [0.1, 0.15) is 0 Å². The quantitative estimate of drug-likeness (QED) is 0.653. The van der Waals surface area contributed by atoms with E-state index >= 15 is 0 Å². The van der Waals surface area contributed by atoms with Crippen LogP contribution in [0.1, 0.15) is 26.6 Å². The summed E-state index contributed by atoms with van der Waals surface area (Å²) in [4.78, 5) is 20.0. The highest BCUT2D eigenvalue weighted by Gasteiger charge is 2.25. The minimum atomic E-state index is -0.219. The van der Waals surface area contributed by atoms with E-state index < -0.39 is 0 Å². The van der Waals surface area contributed by atoms with Crippen LogP contribution in [-0.2, 0) is 5.41 Å². The molecule has 2 N–H and O–H groups in total. The second-order valence-corrected chi connectivity index (χ2v) is 7.65. The Labute approximate surface area is 141 Å². The molecule has 1 rings (SSSR count).